The van der Waals surface area contributed by atoms with Crippen molar-refractivity contribution in [2.24, 2.45) is 5.84 Å². The van der Waals surface area contributed by atoms with Gasteiger partial charge in [-0.25, -0.2) is 0 Å². The quantitative estimate of drug-likeness (QED) is 0.458. The summed E-state index contributed by atoms with van der Waals surface area (Å²) in [7, 11) is 0. The fourth-order valence-corrected chi connectivity index (χ4v) is 1.72. The van der Waals surface area contributed by atoms with Crippen molar-refractivity contribution in [1.82, 2.24) is 5.43 Å². The van der Waals surface area contributed by atoms with Gasteiger partial charge < -0.3 is 0 Å². The maximum Gasteiger partial charge on any atom is 0.0511 e. The molecule has 1 aromatic carbocycles. The summed E-state index contributed by atoms with van der Waals surface area (Å²) in [4.78, 5) is 0. The molecule has 1 aromatic rings. The van der Waals surface area contributed by atoms with Gasteiger partial charge in [0.15, 0.2) is 0 Å². The van der Waals surface area contributed by atoms with Gasteiger partial charge in [-0.3, -0.25) is 11.3 Å². The Hall–Kier alpha value is -0.830. The van der Waals surface area contributed by atoms with Crippen LogP contribution in [0.5, 0.6) is 0 Å². The highest BCUT2D eigenvalue weighted by Crippen LogP contribution is 2.27. The zero-order valence-corrected chi connectivity index (χ0v) is 9.72. The Morgan fingerprint density at radius 2 is 2.20 bits per heavy atom. The lowest BCUT2D eigenvalue weighted by Crippen LogP contribution is -2.28. The van der Waals surface area contributed by atoms with Gasteiger partial charge in [0.2, 0.25) is 0 Å². The summed E-state index contributed by atoms with van der Waals surface area (Å²) < 4.78 is 0. The lowest BCUT2D eigenvalue weighted by Gasteiger charge is -2.18. The predicted octanol–water partition coefficient (Wildman–Crippen LogP) is 3.20. The lowest BCUT2D eigenvalue weighted by molar-refractivity contribution is 0.545. The van der Waals surface area contributed by atoms with Crippen LogP contribution in [-0.4, -0.2) is 0 Å². The van der Waals surface area contributed by atoms with Crippen LogP contribution < -0.4 is 11.3 Å². The van der Waals surface area contributed by atoms with Crippen LogP contribution in [0.25, 0.3) is 0 Å². The van der Waals surface area contributed by atoms with Gasteiger partial charge in [0.25, 0.3) is 0 Å². The van der Waals surface area contributed by atoms with Gasteiger partial charge in [-0.05, 0) is 24.5 Å². The van der Waals surface area contributed by atoms with Crippen molar-refractivity contribution in [3.8, 4) is 0 Å². The van der Waals surface area contributed by atoms with Crippen molar-refractivity contribution >= 4 is 11.6 Å². The van der Waals surface area contributed by atoms with Crippen molar-refractivity contribution in [3.05, 3.63) is 47.0 Å². The van der Waals surface area contributed by atoms with E-state index in [4.69, 9.17) is 17.4 Å². The van der Waals surface area contributed by atoms with Gasteiger partial charge in [-0.2, -0.15) is 0 Å². The molecule has 0 heterocycles. The van der Waals surface area contributed by atoms with Crippen LogP contribution in [0.2, 0.25) is 5.02 Å². The fraction of sp³-hybridized carbons (Fsp3) is 0.333. The first-order valence-corrected chi connectivity index (χ1v) is 5.44. The third kappa shape index (κ3) is 3.34. The number of nitrogens with two attached hydrogens (primary N) is 1. The first-order valence-electron chi connectivity index (χ1n) is 5.06. The Morgan fingerprint density at radius 1 is 1.53 bits per heavy atom. The van der Waals surface area contributed by atoms with E-state index >= 15 is 0 Å². The molecule has 3 heteroatoms. The molecule has 0 radical (unpaired) electrons. The van der Waals surface area contributed by atoms with Gasteiger partial charge in [-0.15, -0.1) is 0 Å². The van der Waals surface area contributed by atoms with Crippen LogP contribution in [0.4, 0.5) is 0 Å². The first kappa shape index (κ1) is 12.2. The Labute approximate surface area is 96.1 Å². The van der Waals surface area contributed by atoms with E-state index in [0.717, 1.165) is 29.0 Å². The molecule has 0 aliphatic carbocycles. The molecular weight excluding hydrogens is 208 g/mol. The Kier molecular flexibility index (Phi) is 4.82. The molecular formula is C12H17ClN2. The second-order valence-corrected chi connectivity index (χ2v) is 3.96. The minimum atomic E-state index is 0.0474. The number of nitrogens with one attached hydrogen (secondary N) is 1. The summed E-state index contributed by atoms with van der Waals surface area (Å²) in [6.45, 7) is 6.06. The minimum absolute atomic E-state index is 0.0474. The maximum absolute atomic E-state index is 6.10. The van der Waals surface area contributed by atoms with Crippen LogP contribution in [0.15, 0.2) is 36.4 Å². The maximum atomic E-state index is 6.10. The van der Waals surface area contributed by atoms with Crippen molar-refractivity contribution in [3.63, 3.8) is 0 Å². The van der Waals surface area contributed by atoms with Gasteiger partial charge in [0, 0.05) is 5.02 Å². The van der Waals surface area contributed by atoms with E-state index in [9.17, 15) is 0 Å². The number of benzene rings is 1. The second-order valence-electron chi connectivity index (χ2n) is 3.55. The Balaban J connectivity index is 2.83. The average Bonchev–Trinajstić information content (AvgIpc) is 2.26. The molecule has 0 bridgehead atoms. The molecule has 0 saturated heterocycles. The van der Waals surface area contributed by atoms with Crippen molar-refractivity contribution in [2.75, 3.05) is 0 Å². The molecule has 82 valence electrons. The zero-order valence-electron chi connectivity index (χ0n) is 8.96. The monoisotopic (exact) mass is 224 g/mol. The molecule has 0 amide bonds. The molecule has 3 N–H and O–H groups in total. The van der Waals surface area contributed by atoms with E-state index in [2.05, 4.69) is 18.9 Å². The summed E-state index contributed by atoms with van der Waals surface area (Å²) in [5, 5.41) is 0.740. The van der Waals surface area contributed by atoms with Crippen molar-refractivity contribution in [1.29, 1.82) is 0 Å². The molecule has 0 aliphatic heterocycles. The molecule has 15 heavy (non-hydrogen) atoms. The number of rotatable bonds is 5. The highest BCUT2D eigenvalue weighted by Gasteiger charge is 2.13. The standard InChI is InChI=1S/C12H17ClN2/c1-3-9(2)8-12(15-14)10-6-4-5-7-11(10)13/h4-7,12,15H,2-3,8,14H2,1H3. The average molecular weight is 225 g/mol. The Morgan fingerprint density at radius 3 is 2.73 bits per heavy atom. The van der Waals surface area contributed by atoms with E-state index in [1.54, 1.807) is 0 Å². The van der Waals surface area contributed by atoms with E-state index in [1.165, 1.54) is 0 Å². The molecule has 1 rings (SSSR count). The van der Waals surface area contributed by atoms with Crippen LogP contribution in [0, 0.1) is 0 Å². The number of hydrazine groups is 1. The number of hydrogen-bond donors (Lipinski definition) is 2. The summed E-state index contributed by atoms with van der Waals surface area (Å²) in [6.07, 6.45) is 1.78. The SMILES string of the molecule is C=C(CC)CC(NN)c1ccccc1Cl. The van der Waals surface area contributed by atoms with Gasteiger partial charge in [-0.1, -0.05) is 48.9 Å². The van der Waals surface area contributed by atoms with Crippen LogP contribution in [-0.2, 0) is 0 Å². The smallest absolute Gasteiger partial charge is 0.0511 e. The topological polar surface area (TPSA) is 38.0 Å². The van der Waals surface area contributed by atoms with Gasteiger partial charge >= 0.3 is 0 Å². The first-order chi connectivity index (χ1) is 7.19. The number of hydrogen-bond acceptors (Lipinski definition) is 2. The van der Waals surface area contributed by atoms with E-state index in [1.807, 2.05) is 24.3 Å². The summed E-state index contributed by atoms with van der Waals surface area (Å²) in [5.74, 6) is 5.53. The predicted molar refractivity (Wildman–Crippen MR) is 65.6 cm³/mol. The molecule has 1 atom stereocenters. The minimum Gasteiger partial charge on any atom is -0.271 e. The fourth-order valence-electron chi connectivity index (χ4n) is 1.45. The highest BCUT2D eigenvalue weighted by atomic mass is 35.5. The summed E-state index contributed by atoms with van der Waals surface area (Å²) in [6, 6.07) is 7.77. The third-order valence-corrected chi connectivity index (χ3v) is 2.82. The van der Waals surface area contributed by atoms with E-state index in [-0.39, 0.29) is 6.04 Å². The lowest BCUT2D eigenvalue weighted by atomic mass is 9.99. The molecule has 1 unspecified atom stereocenters. The zero-order chi connectivity index (χ0) is 11.3. The van der Waals surface area contributed by atoms with Gasteiger partial charge in [0.1, 0.15) is 0 Å². The molecule has 2 nitrogen and oxygen atoms in total. The largest absolute Gasteiger partial charge is 0.271 e. The second kappa shape index (κ2) is 5.91. The number of halogens is 1. The molecule has 0 saturated carbocycles. The van der Waals surface area contributed by atoms with Crippen LogP contribution >= 0.6 is 11.6 Å². The van der Waals surface area contributed by atoms with Crippen molar-refractivity contribution in [2.45, 2.75) is 25.8 Å². The van der Waals surface area contributed by atoms with Crippen molar-refractivity contribution < 1.29 is 0 Å². The molecule has 0 fully saturated rings. The summed E-state index contributed by atoms with van der Waals surface area (Å²) >= 11 is 6.10. The normalized spacial score (nSPS) is 12.5. The third-order valence-electron chi connectivity index (χ3n) is 2.47. The van der Waals surface area contributed by atoms with E-state index < -0.39 is 0 Å². The van der Waals surface area contributed by atoms with E-state index in [0.29, 0.717) is 0 Å². The van der Waals surface area contributed by atoms with Gasteiger partial charge in [0.05, 0.1) is 6.04 Å². The molecule has 0 spiro atoms. The highest BCUT2D eigenvalue weighted by molar-refractivity contribution is 6.31. The summed E-state index contributed by atoms with van der Waals surface area (Å²) in [5.41, 5.74) is 4.97. The molecule has 0 aromatic heterocycles. The Bertz CT molecular complexity index is 336. The molecule has 0 aliphatic rings. The van der Waals surface area contributed by atoms with Crippen LogP contribution in [0.3, 0.4) is 0 Å². The van der Waals surface area contributed by atoms with Crippen LogP contribution in [0.1, 0.15) is 31.4 Å².